The van der Waals surface area contributed by atoms with Crippen LogP contribution in [-0.2, 0) is 9.53 Å². The molecule has 0 heterocycles. The molecule has 64 valence electrons. The van der Waals surface area contributed by atoms with Gasteiger partial charge in [-0.2, -0.15) is 0 Å². The zero-order chi connectivity index (χ0) is 9.07. The van der Waals surface area contributed by atoms with Crippen molar-refractivity contribution >= 4 is 52.4 Å². The zero-order valence-corrected chi connectivity index (χ0v) is 8.21. The lowest BCUT2D eigenvalue weighted by Gasteiger charge is -2.16. The molecule has 2 nitrogen and oxygen atoms in total. The molecule has 0 saturated carbocycles. The highest BCUT2D eigenvalue weighted by Gasteiger charge is 2.33. The molecule has 1 atom stereocenters. The molecule has 0 aromatic rings. The van der Waals surface area contributed by atoms with Crippen LogP contribution in [0.3, 0.4) is 0 Å². The Kier molecular flexibility index (Phi) is 4.56. The summed E-state index contributed by atoms with van der Waals surface area (Å²) < 4.78 is 2.56. The second-order valence-corrected chi connectivity index (χ2v) is 4.26. The van der Waals surface area contributed by atoms with Gasteiger partial charge in [0.25, 0.3) is 0 Å². The highest BCUT2D eigenvalue weighted by Crippen LogP contribution is 2.34. The Labute approximate surface area is 84.0 Å². The van der Waals surface area contributed by atoms with Crippen molar-refractivity contribution in [2.24, 2.45) is 0 Å². The molecule has 1 unspecified atom stereocenters. The van der Waals surface area contributed by atoms with E-state index in [1.807, 2.05) is 0 Å². The summed E-state index contributed by atoms with van der Waals surface area (Å²) in [5.41, 5.74) is -1.31. The minimum atomic E-state index is -1.82. The van der Waals surface area contributed by atoms with E-state index in [1.165, 1.54) is 0 Å². The summed E-state index contributed by atoms with van der Waals surface area (Å²) in [6.45, 7) is 3.13. The van der Waals surface area contributed by atoms with Gasteiger partial charge in [0.05, 0.1) is 0 Å². The number of hydrogen-bond donors (Lipinski definition) is 0. The first-order valence-electron chi connectivity index (χ1n) is 2.41. The monoisotopic (exact) mass is 236 g/mol. The molecule has 0 aromatic heterocycles. The number of rotatable bonds is 2. The minimum absolute atomic E-state index is 0.740. The van der Waals surface area contributed by atoms with Crippen LogP contribution in [0.2, 0.25) is 0 Å². The molecule has 0 N–H and O–H groups in total. The molecule has 6 heteroatoms. The first kappa shape index (κ1) is 11.4. The molecule has 0 saturated heterocycles. The first-order valence-corrected chi connectivity index (χ1v) is 3.99. The smallest absolute Gasteiger partial charge is 0.331 e. The lowest BCUT2D eigenvalue weighted by atomic mass is 10.6. The Morgan fingerprint density at radius 3 is 2.27 bits per heavy atom. The summed E-state index contributed by atoms with van der Waals surface area (Å²) in [4.78, 5) is 10.5. The average molecular weight is 238 g/mol. The summed E-state index contributed by atoms with van der Waals surface area (Å²) in [6.07, 6.45) is 0.922. The van der Waals surface area contributed by atoms with E-state index in [0.717, 1.165) is 6.08 Å². The van der Waals surface area contributed by atoms with E-state index in [0.29, 0.717) is 0 Å². The number of alkyl halides is 4. The first-order chi connectivity index (χ1) is 4.88. The number of halogens is 4. The molecular formula is C5H4Cl4O2. The van der Waals surface area contributed by atoms with Gasteiger partial charge in [0.1, 0.15) is 0 Å². The quantitative estimate of drug-likeness (QED) is 0.420. The van der Waals surface area contributed by atoms with Crippen LogP contribution in [0.15, 0.2) is 12.7 Å². The van der Waals surface area contributed by atoms with Gasteiger partial charge in [-0.3, -0.25) is 0 Å². The Morgan fingerprint density at radius 1 is 1.55 bits per heavy atom. The average Bonchev–Trinajstić information content (AvgIpc) is 1.85. The molecule has 0 spiro atoms. The maximum atomic E-state index is 10.5. The van der Waals surface area contributed by atoms with Gasteiger partial charge in [0.2, 0.25) is 9.36 Å². The van der Waals surface area contributed by atoms with Crippen molar-refractivity contribution < 1.29 is 9.53 Å². The Morgan fingerprint density at radius 2 is 2.00 bits per heavy atom. The van der Waals surface area contributed by atoms with Crippen LogP contribution in [0.4, 0.5) is 0 Å². The predicted molar refractivity (Wildman–Crippen MR) is 46.2 cm³/mol. The fourth-order valence-corrected chi connectivity index (χ4v) is 0.438. The number of hydrogen-bond acceptors (Lipinski definition) is 2. The summed E-state index contributed by atoms with van der Waals surface area (Å²) in [7, 11) is 0. The standard InChI is InChI=1S/C5H4Cl4O2/c1-2-3(10)11-4(6)5(7,8)9/h2,4H,1H2. The third-order valence-electron chi connectivity index (χ3n) is 0.644. The summed E-state index contributed by atoms with van der Waals surface area (Å²) in [5.74, 6) is -0.740. The summed E-state index contributed by atoms with van der Waals surface area (Å²) in [6, 6.07) is 0. The second-order valence-electron chi connectivity index (χ2n) is 1.50. The largest absolute Gasteiger partial charge is 0.438 e. The van der Waals surface area contributed by atoms with Crippen molar-refractivity contribution in [3.8, 4) is 0 Å². The van der Waals surface area contributed by atoms with Crippen LogP contribution in [0.5, 0.6) is 0 Å². The molecule has 11 heavy (non-hydrogen) atoms. The van der Waals surface area contributed by atoms with E-state index in [1.54, 1.807) is 0 Å². The highest BCUT2D eigenvalue weighted by molar-refractivity contribution is 6.70. The normalized spacial score (nSPS) is 13.8. The van der Waals surface area contributed by atoms with Gasteiger partial charge in [-0.25, -0.2) is 4.79 Å². The molecule has 0 aromatic carbocycles. The Balaban J connectivity index is 3.97. The Bertz CT molecular complexity index is 162. The fourth-order valence-electron chi connectivity index (χ4n) is 0.217. The lowest BCUT2D eigenvalue weighted by molar-refractivity contribution is -0.139. The third kappa shape index (κ3) is 4.75. The molecule has 0 amide bonds. The van der Waals surface area contributed by atoms with Crippen molar-refractivity contribution in [2.45, 2.75) is 9.36 Å². The van der Waals surface area contributed by atoms with Gasteiger partial charge in [-0.15, -0.1) is 0 Å². The van der Waals surface area contributed by atoms with Gasteiger partial charge in [-0.1, -0.05) is 53.0 Å². The van der Waals surface area contributed by atoms with E-state index in [2.05, 4.69) is 11.3 Å². The molecule has 0 fully saturated rings. The topological polar surface area (TPSA) is 26.3 Å². The molecule has 0 radical (unpaired) electrons. The molecular weight excluding hydrogens is 234 g/mol. The van der Waals surface area contributed by atoms with Gasteiger partial charge in [0.15, 0.2) is 0 Å². The van der Waals surface area contributed by atoms with Crippen LogP contribution in [-0.4, -0.2) is 15.3 Å². The van der Waals surface area contributed by atoms with E-state index >= 15 is 0 Å². The molecule has 0 rings (SSSR count). The van der Waals surface area contributed by atoms with Crippen molar-refractivity contribution in [2.75, 3.05) is 0 Å². The maximum absolute atomic E-state index is 10.5. The minimum Gasteiger partial charge on any atom is -0.438 e. The fraction of sp³-hybridized carbons (Fsp3) is 0.400. The van der Waals surface area contributed by atoms with Crippen molar-refractivity contribution in [1.29, 1.82) is 0 Å². The predicted octanol–water partition coefficient (Wildman–Crippen LogP) is 2.65. The number of esters is 1. The van der Waals surface area contributed by atoms with Crippen molar-refractivity contribution in [3.05, 3.63) is 12.7 Å². The zero-order valence-electron chi connectivity index (χ0n) is 5.19. The molecule has 0 aliphatic rings. The van der Waals surface area contributed by atoms with E-state index in [4.69, 9.17) is 46.4 Å². The van der Waals surface area contributed by atoms with E-state index < -0.39 is 15.3 Å². The number of ether oxygens (including phenoxy) is 1. The van der Waals surface area contributed by atoms with Gasteiger partial charge in [0, 0.05) is 6.08 Å². The SMILES string of the molecule is C=CC(=O)OC(Cl)C(Cl)(Cl)Cl. The third-order valence-corrected chi connectivity index (χ3v) is 1.99. The van der Waals surface area contributed by atoms with Crippen LogP contribution >= 0.6 is 46.4 Å². The number of carbonyl (C=O) groups excluding carboxylic acids is 1. The highest BCUT2D eigenvalue weighted by atomic mass is 35.6. The van der Waals surface area contributed by atoms with Crippen LogP contribution < -0.4 is 0 Å². The summed E-state index contributed by atoms with van der Waals surface area (Å²) >= 11 is 21.2. The van der Waals surface area contributed by atoms with Crippen LogP contribution in [0, 0.1) is 0 Å². The lowest BCUT2D eigenvalue weighted by Crippen LogP contribution is -2.24. The van der Waals surface area contributed by atoms with Gasteiger partial charge in [-0.05, 0) is 0 Å². The van der Waals surface area contributed by atoms with Gasteiger partial charge >= 0.3 is 5.97 Å². The van der Waals surface area contributed by atoms with Crippen LogP contribution in [0.25, 0.3) is 0 Å². The van der Waals surface area contributed by atoms with Crippen molar-refractivity contribution in [1.82, 2.24) is 0 Å². The van der Waals surface area contributed by atoms with Crippen molar-refractivity contribution in [3.63, 3.8) is 0 Å². The maximum Gasteiger partial charge on any atom is 0.331 e. The molecule has 0 aliphatic carbocycles. The van der Waals surface area contributed by atoms with Crippen LogP contribution in [0.1, 0.15) is 0 Å². The Hall–Kier alpha value is 0.370. The van der Waals surface area contributed by atoms with E-state index in [9.17, 15) is 4.79 Å². The number of carbonyl (C=O) groups is 1. The second kappa shape index (κ2) is 4.41. The molecule has 0 aliphatic heterocycles. The summed E-state index contributed by atoms with van der Waals surface area (Å²) in [5, 5.41) is 0. The molecule has 0 bridgehead atoms. The van der Waals surface area contributed by atoms with E-state index in [-0.39, 0.29) is 0 Å². The van der Waals surface area contributed by atoms with Gasteiger partial charge < -0.3 is 4.74 Å².